The minimum atomic E-state index is -2.17. The van der Waals surface area contributed by atoms with Crippen LogP contribution in [-0.2, 0) is 4.57 Å². The van der Waals surface area contributed by atoms with Gasteiger partial charge in [-0.1, -0.05) is 24.9 Å². The van der Waals surface area contributed by atoms with Crippen LogP contribution in [0.1, 0.15) is 26.7 Å². The Morgan fingerprint density at radius 3 is 2.79 bits per heavy atom. The summed E-state index contributed by atoms with van der Waals surface area (Å²) >= 11 is 5.89. The van der Waals surface area contributed by atoms with Crippen LogP contribution < -0.4 is 0 Å². The molecule has 0 aliphatic carbocycles. The topological polar surface area (TPSA) is 37.3 Å². The molecule has 14 heavy (non-hydrogen) atoms. The van der Waals surface area contributed by atoms with Crippen molar-refractivity contribution in [2.75, 3.05) is 18.5 Å². The van der Waals surface area contributed by atoms with Crippen LogP contribution in [0.15, 0.2) is 10.6 Å². The van der Waals surface area contributed by atoms with Gasteiger partial charge in [-0.25, -0.2) is 0 Å². The van der Waals surface area contributed by atoms with E-state index in [0.29, 0.717) is 17.4 Å². The van der Waals surface area contributed by atoms with Crippen molar-refractivity contribution < 1.29 is 9.67 Å². The predicted molar refractivity (Wildman–Crippen MR) is 61.7 cm³/mol. The maximum Gasteiger partial charge on any atom is 0.0963 e. The zero-order chi connectivity index (χ0) is 10.8. The van der Waals surface area contributed by atoms with Gasteiger partial charge in [-0.15, -0.1) is 0 Å². The van der Waals surface area contributed by atoms with Crippen molar-refractivity contribution in [3.63, 3.8) is 0 Å². The highest BCUT2D eigenvalue weighted by molar-refractivity contribution is 7.64. The van der Waals surface area contributed by atoms with Crippen molar-refractivity contribution >= 4 is 18.7 Å². The third kappa shape index (κ3) is 2.85. The first-order valence-corrected chi connectivity index (χ1v) is 7.73. The summed E-state index contributed by atoms with van der Waals surface area (Å²) in [5.74, 6) is 0. The van der Waals surface area contributed by atoms with E-state index in [1.54, 1.807) is 0 Å². The summed E-state index contributed by atoms with van der Waals surface area (Å²) in [5.41, 5.74) is 0.907. The lowest BCUT2D eigenvalue weighted by molar-refractivity contribution is 0.238. The van der Waals surface area contributed by atoms with Crippen molar-refractivity contribution in [3.8, 4) is 0 Å². The summed E-state index contributed by atoms with van der Waals surface area (Å²) in [6.07, 6.45) is 3.08. The fraction of sp³-hybridized carbons (Fsp3) is 0.800. The molecule has 1 heterocycles. The monoisotopic (exact) mass is 236 g/mol. The van der Waals surface area contributed by atoms with E-state index in [1.165, 1.54) is 0 Å². The zero-order valence-electron chi connectivity index (χ0n) is 8.79. The average molecular weight is 237 g/mol. The van der Waals surface area contributed by atoms with Crippen molar-refractivity contribution in [2.24, 2.45) is 0 Å². The zero-order valence-corrected chi connectivity index (χ0v) is 10.4. The standard InChI is InChI=1S/C10H18ClO2P/c1-3-4-5-14(13)6-8(2)10(11)9(12)7-14/h9,12H,3-7H2,1-2H3/t9-,14-/m0/s1. The number of allylic oxidation sites excluding steroid dienone is 1. The van der Waals surface area contributed by atoms with Crippen LogP contribution >= 0.6 is 18.7 Å². The lowest BCUT2D eigenvalue weighted by Crippen LogP contribution is -2.22. The maximum atomic E-state index is 12.3. The van der Waals surface area contributed by atoms with Gasteiger partial charge < -0.3 is 9.67 Å². The molecule has 82 valence electrons. The molecular formula is C10H18ClO2P. The van der Waals surface area contributed by atoms with Gasteiger partial charge >= 0.3 is 0 Å². The molecule has 0 unspecified atom stereocenters. The van der Waals surface area contributed by atoms with Gasteiger partial charge in [-0.3, -0.25) is 0 Å². The average Bonchev–Trinajstić information content (AvgIpc) is 2.11. The van der Waals surface area contributed by atoms with E-state index >= 15 is 0 Å². The maximum absolute atomic E-state index is 12.3. The number of hydrogen-bond acceptors (Lipinski definition) is 2. The van der Waals surface area contributed by atoms with E-state index in [4.69, 9.17) is 11.6 Å². The van der Waals surface area contributed by atoms with E-state index in [9.17, 15) is 9.67 Å². The van der Waals surface area contributed by atoms with Gasteiger partial charge in [0.2, 0.25) is 0 Å². The normalized spacial score (nSPS) is 33.6. The SMILES string of the molecule is CCCC[P@]1(=O)CC(C)=C(Cl)[C@@H](O)C1. The van der Waals surface area contributed by atoms with Crippen molar-refractivity contribution in [3.05, 3.63) is 10.6 Å². The van der Waals surface area contributed by atoms with Crippen LogP contribution in [0, 0.1) is 0 Å². The van der Waals surface area contributed by atoms with Gasteiger partial charge in [0.05, 0.1) is 13.2 Å². The molecular weight excluding hydrogens is 219 g/mol. The number of hydrogen-bond donors (Lipinski definition) is 1. The number of rotatable bonds is 3. The van der Waals surface area contributed by atoms with E-state index in [-0.39, 0.29) is 0 Å². The Morgan fingerprint density at radius 2 is 2.29 bits per heavy atom. The molecule has 0 aromatic heterocycles. The Bertz CT molecular complexity index is 286. The van der Waals surface area contributed by atoms with E-state index in [0.717, 1.165) is 24.6 Å². The van der Waals surface area contributed by atoms with E-state index in [2.05, 4.69) is 6.92 Å². The van der Waals surface area contributed by atoms with Gasteiger partial charge in [0, 0.05) is 23.5 Å². The van der Waals surface area contributed by atoms with E-state index < -0.39 is 13.2 Å². The number of halogens is 1. The Labute approximate surface area is 90.7 Å². The molecule has 0 aromatic rings. The molecule has 0 aromatic carbocycles. The van der Waals surface area contributed by atoms with Gasteiger partial charge in [-0.2, -0.15) is 0 Å². The molecule has 0 saturated carbocycles. The van der Waals surface area contributed by atoms with Gasteiger partial charge in [0.15, 0.2) is 0 Å². The molecule has 0 amide bonds. The summed E-state index contributed by atoms with van der Waals surface area (Å²) < 4.78 is 12.3. The molecule has 0 bridgehead atoms. The number of aliphatic hydroxyl groups excluding tert-OH is 1. The second kappa shape index (κ2) is 4.83. The summed E-state index contributed by atoms with van der Waals surface area (Å²) in [6.45, 7) is 3.95. The Morgan fingerprint density at radius 1 is 1.64 bits per heavy atom. The minimum absolute atomic E-state index is 0.378. The Balaban J connectivity index is 2.73. The van der Waals surface area contributed by atoms with Crippen LogP contribution in [0.3, 0.4) is 0 Å². The van der Waals surface area contributed by atoms with Gasteiger partial charge in [0.1, 0.15) is 0 Å². The molecule has 0 saturated heterocycles. The molecule has 0 spiro atoms. The predicted octanol–water partition coefficient (Wildman–Crippen LogP) is 3.04. The fourth-order valence-electron chi connectivity index (χ4n) is 1.87. The molecule has 0 radical (unpaired) electrons. The molecule has 4 heteroatoms. The van der Waals surface area contributed by atoms with Crippen LogP contribution in [0.2, 0.25) is 0 Å². The molecule has 1 aliphatic rings. The second-order valence-electron chi connectivity index (χ2n) is 4.12. The smallest absolute Gasteiger partial charge is 0.0963 e. The summed E-state index contributed by atoms with van der Waals surface area (Å²) in [4.78, 5) is 0. The molecule has 0 fully saturated rings. The highest BCUT2D eigenvalue weighted by Gasteiger charge is 2.32. The molecule has 2 nitrogen and oxygen atoms in total. The molecule has 1 rings (SSSR count). The highest BCUT2D eigenvalue weighted by atomic mass is 35.5. The summed E-state index contributed by atoms with van der Waals surface area (Å²) in [6, 6.07) is 0. The van der Waals surface area contributed by atoms with Gasteiger partial charge in [-0.05, 0) is 18.9 Å². The van der Waals surface area contributed by atoms with E-state index in [1.807, 2.05) is 6.92 Å². The molecule has 2 atom stereocenters. The lowest BCUT2D eigenvalue weighted by Gasteiger charge is -2.27. The molecule has 1 N–H and O–H groups in total. The Hall–Kier alpha value is 0.220. The Kier molecular flexibility index (Phi) is 4.24. The summed E-state index contributed by atoms with van der Waals surface area (Å²) in [5, 5.41) is 10.1. The highest BCUT2D eigenvalue weighted by Crippen LogP contribution is 2.52. The lowest BCUT2D eigenvalue weighted by atomic mass is 10.2. The van der Waals surface area contributed by atoms with Crippen LogP contribution in [-0.4, -0.2) is 29.7 Å². The van der Waals surface area contributed by atoms with Crippen molar-refractivity contribution in [1.29, 1.82) is 0 Å². The van der Waals surface area contributed by atoms with Gasteiger partial charge in [0.25, 0.3) is 0 Å². The quantitative estimate of drug-likeness (QED) is 0.765. The first-order valence-electron chi connectivity index (χ1n) is 5.09. The second-order valence-corrected chi connectivity index (χ2v) is 7.77. The number of unbranched alkanes of at least 4 members (excludes halogenated alkanes) is 1. The van der Waals surface area contributed by atoms with Crippen LogP contribution in [0.5, 0.6) is 0 Å². The third-order valence-electron chi connectivity index (χ3n) is 2.65. The minimum Gasteiger partial charge on any atom is -0.387 e. The molecule has 1 aliphatic heterocycles. The van der Waals surface area contributed by atoms with Crippen LogP contribution in [0.25, 0.3) is 0 Å². The summed E-state index contributed by atoms with van der Waals surface area (Å²) in [7, 11) is -2.17. The first kappa shape index (κ1) is 12.3. The van der Waals surface area contributed by atoms with Crippen molar-refractivity contribution in [2.45, 2.75) is 32.8 Å². The largest absolute Gasteiger partial charge is 0.387 e. The van der Waals surface area contributed by atoms with Crippen molar-refractivity contribution in [1.82, 2.24) is 0 Å². The first-order chi connectivity index (χ1) is 6.48. The number of aliphatic hydroxyl groups is 1. The fourth-order valence-corrected chi connectivity index (χ4v) is 5.42. The van der Waals surface area contributed by atoms with Crippen LogP contribution in [0.4, 0.5) is 0 Å². The third-order valence-corrected chi connectivity index (χ3v) is 6.42.